The fraction of sp³-hybridized carbons (Fsp3) is 0.333. The first-order chi connectivity index (χ1) is 6.72. The lowest BCUT2D eigenvalue weighted by atomic mass is 10.2. The topological polar surface area (TPSA) is 53.7 Å². The number of ether oxygens (including phenoxy) is 2. The van der Waals surface area contributed by atoms with Crippen molar-refractivity contribution in [2.45, 2.75) is 6.61 Å². The van der Waals surface area contributed by atoms with Gasteiger partial charge in [-0.15, -0.1) is 0 Å². The number of halogens is 1. The van der Waals surface area contributed by atoms with Crippen molar-refractivity contribution in [1.29, 1.82) is 0 Å². The van der Waals surface area contributed by atoms with Crippen LogP contribution in [0.15, 0.2) is 12.1 Å². The summed E-state index contributed by atoms with van der Waals surface area (Å²) in [5.41, 5.74) is 0.274. The van der Waals surface area contributed by atoms with Gasteiger partial charge in [-0.05, 0) is 0 Å². The Kier molecular flexibility index (Phi) is 3.67. The van der Waals surface area contributed by atoms with Gasteiger partial charge in [0.05, 0.1) is 26.4 Å². The van der Waals surface area contributed by atoms with Crippen LogP contribution < -0.4 is 15.4 Å². The van der Waals surface area contributed by atoms with Crippen molar-refractivity contribution in [2.24, 2.45) is 5.90 Å². The molecule has 0 atom stereocenters. The minimum absolute atomic E-state index is 0.0427. The average molecular weight is 201 g/mol. The highest BCUT2D eigenvalue weighted by atomic mass is 19.1. The van der Waals surface area contributed by atoms with Gasteiger partial charge in [0, 0.05) is 12.1 Å². The van der Waals surface area contributed by atoms with E-state index in [9.17, 15) is 4.39 Å². The molecule has 2 N–H and O–H groups in total. The molecule has 0 heterocycles. The first-order valence-electron chi connectivity index (χ1n) is 3.95. The van der Waals surface area contributed by atoms with E-state index in [2.05, 4.69) is 4.84 Å². The molecule has 78 valence electrons. The lowest BCUT2D eigenvalue weighted by Crippen LogP contribution is -2.04. The largest absolute Gasteiger partial charge is 0.497 e. The molecule has 0 unspecified atom stereocenters. The van der Waals surface area contributed by atoms with Gasteiger partial charge in [-0.3, -0.25) is 4.84 Å². The maximum absolute atomic E-state index is 13.4. The molecule has 0 aliphatic heterocycles. The number of rotatable bonds is 4. The summed E-state index contributed by atoms with van der Waals surface area (Å²) >= 11 is 0. The van der Waals surface area contributed by atoms with Crippen LogP contribution in [-0.2, 0) is 11.4 Å². The van der Waals surface area contributed by atoms with Crippen LogP contribution in [0.5, 0.6) is 11.5 Å². The first kappa shape index (κ1) is 10.7. The maximum atomic E-state index is 13.4. The molecule has 0 saturated heterocycles. The van der Waals surface area contributed by atoms with Crippen molar-refractivity contribution in [3.8, 4) is 11.5 Å². The van der Waals surface area contributed by atoms with Crippen LogP contribution in [0.25, 0.3) is 0 Å². The monoisotopic (exact) mass is 201 g/mol. The zero-order chi connectivity index (χ0) is 10.6. The number of benzene rings is 1. The van der Waals surface area contributed by atoms with Gasteiger partial charge < -0.3 is 9.47 Å². The second-order valence-electron chi connectivity index (χ2n) is 2.60. The summed E-state index contributed by atoms with van der Waals surface area (Å²) in [4.78, 5) is 4.36. The zero-order valence-electron chi connectivity index (χ0n) is 8.04. The van der Waals surface area contributed by atoms with Crippen molar-refractivity contribution in [3.05, 3.63) is 23.5 Å². The summed E-state index contributed by atoms with van der Waals surface area (Å²) in [5, 5.41) is 0. The Morgan fingerprint density at radius 1 is 1.29 bits per heavy atom. The Hall–Kier alpha value is -1.33. The molecule has 0 aliphatic carbocycles. The molecule has 4 nitrogen and oxygen atoms in total. The van der Waals surface area contributed by atoms with Crippen LogP contribution in [-0.4, -0.2) is 14.2 Å². The van der Waals surface area contributed by atoms with Crippen molar-refractivity contribution in [3.63, 3.8) is 0 Å². The molecule has 1 rings (SSSR count). The SMILES string of the molecule is COc1cc(F)c(CON)c(OC)c1. The van der Waals surface area contributed by atoms with E-state index < -0.39 is 5.82 Å². The van der Waals surface area contributed by atoms with Gasteiger partial charge in [0.1, 0.15) is 17.3 Å². The van der Waals surface area contributed by atoms with Crippen LogP contribution in [0.3, 0.4) is 0 Å². The molecule has 1 aromatic rings. The number of hydrogen-bond acceptors (Lipinski definition) is 4. The Balaban J connectivity index is 3.13. The predicted octanol–water partition coefficient (Wildman–Crippen LogP) is 1.23. The van der Waals surface area contributed by atoms with Crippen molar-refractivity contribution in [2.75, 3.05) is 14.2 Å². The molecule has 0 bridgehead atoms. The van der Waals surface area contributed by atoms with Gasteiger partial charge in [0.25, 0.3) is 0 Å². The highest BCUT2D eigenvalue weighted by molar-refractivity contribution is 5.41. The molecule has 14 heavy (non-hydrogen) atoms. The van der Waals surface area contributed by atoms with Crippen molar-refractivity contribution >= 4 is 0 Å². The quantitative estimate of drug-likeness (QED) is 0.744. The second kappa shape index (κ2) is 4.78. The first-order valence-corrected chi connectivity index (χ1v) is 3.95. The van der Waals surface area contributed by atoms with Crippen LogP contribution in [0.2, 0.25) is 0 Å². The summed E-state index contributed by atoms with van der Waals surface area (Å²) < 4.78 is 23.2. The Labute approximate surface area is 81.3 Å². The predicted molar refractivity (Wildman–Crippen MR) is 48.5 cm³/mol. The molecule has 0 radical (unpaired) electrons. The molecule has 0 amide bonds. The van der Waals surface area contributed by atoms with Crippen LogP contribution in [0.4, 0.5) is 4.39 Å². The van der Waals surface area contributed by atoms with E-state index >= 15 is 0 Å². The van der Waals surface area contributed by atoms with Gasteiger partial charge in [0.15, 0.2) is 0 Å². The molecule has 1 aromatic carbocycles. The number of methoxy groups -OCH3 is 2. The van der Waals surface area contributed by atoms with E-state index in [0.29, 0.717) is 11.5 Å². The lowest BCUT2D eigenvalue weighted by molar-refractivity contribution is 0.119. The summed E-state index contributed by atoms with van der Waals surface area (Å²) in [7, 11) is 2.89. The third-order valence-corrected chi connectivity index (χ3v) is 1.81. The molecule has 0 spiro atoms. The lowest BCUT2D eigenvalue weighted by Gasteiger charge is -2.10. The highest BCUT2D eigenvalue weighted by Gasteiger charge is 2.11. The second-order valence-corrected chi connectivity index (χ2v) is 2.60. The minimum atomic E-state index is -0.466. The third-order valence-electron chi connectivity index (χ3n) is 1.81. The van der Waals surface area contributed by atoms with Crippen molar-refractivity contribution in [1.82, 2.24) is 0 Å². The van der Waals surface area contributed by atoms with Gasteiger partial charge >= 0.3 is 0 Å². The molecule has 5 heteroatoms. The molecule has 0 fully saturated rings. The summed E-state index contributed by atoms with van der Waals surface area (Å²) in [6.07, 6.45) is 0. The average Bonchev–Trinajstić information content (AvgIpc) is 2.20. The van der Waals surface area contributed by atoms with Crippen LogP contribution in [0.1, 0.15) is 5.56 Å². The minimum Gasteiger partial charge on any atom is -0.497 e. The van der Waals surface area contributed by atoms with Gasteiger partial charge in [-0.25, -0.2) is 10.3 Å². The smallest absolute Gasteiger partial charge is 0.136 e. The standard InChI is InChI=1S/C9H12FNO3/c1-12-6-3-8(10)7(5-14-11)9(4-6)13-2/h3-4H,5,11H2,1-2H3. The van der Waals surface area contributed by atoms with E-state index in [-0.39, 0.29) is 12.2 Å². The fourth-order valence-electron chi connectivity index (χ4n) is 1.11. The van der Waals surface area contributed by atoms with E-state index in [0.717, 1.165) is 0 Å². The Bertz CT molecular complexity index is 317. The summed E-state index contributed by atoms with van der Waals surface area (Å²) in [5.74, 6) is 5.15. The van der Waals surface area contributed by atoms with E-state index in [1.807, 2.05) is 0 Å². The van der Waals surface area contributed by atoms with Gasteiger partial charge in [-0.1, -0.05) is 0 Å². The number of hydrogen-bond donors (Lipinski definition) is 1. The Morgan fingerprint density at radius 2 is 2.00 bits per heavy atom. The van der Waals surface area contributed by atoms with E-state index in [4.69, 9.17) is 15.4 Å². The highest BCUT2D eigenvalue weighted by Crippen LogP contribution is 2.27. The summed E-state index contributed by atoms with van der Waals surface area (Å²) in [6.45, 7) is -0.0427. The fourth-order valence-corrected chi connectivity index (χ4v) is 1.11. The normalized spacial score (nSPS) is 10.0. The molecular weight excluding hydrogens is 189 g/mol. The molecular formula is C9H12FNO3. The van der Waals surface area contributed by atoms with Crippen molar-refractivity contribution < 1.29 is 18.7 Å². The Morgan fingerprint density at radius 3 is 2.50 bits per heavy atom. The third kappa shape index (κ3) is 2.12. The summed E-state index contributed by atoms with van der Waals surface area (Å²) in [6, 6.07) is 2.81. The van der Waals surface area contributed by atoms with Crippen LogP contribution >= 0.6 is 0 Å². The molecule has 0 saturated carbocycles. The van der Waals surface area contributed by atoms with Crippen LogP contribution in [0, 0.1) is 5.82 Å². The number of nitrogens with two attached hydrogens (primary N) is 1. The maximum Gasteiger partial charge on any atom is 0.136 e. The van der Waals surface area contributed by atoms with E-state index in [1.165, 1.54) is 20.3 Å². The van der Waals surface area contributed by atoms with Gasteiger partial charge in [0.2, 0.25) is 0 Å². The van der Waals surface area contributed by atoms with Gasteiger partial charge in [-0.2, -0.15) is 0 Å². The molecule has 0 aliphatic rings. The molecule has 0 aromatic heterocycles. The van der Waals surface area contributed by atoms with E-state index in [1.54, 1.807) is 6.07 Å². The zero-order valence-corrected chi connectivity index (χ0v) is 8.04.